The first-order chi connectivity index (χ1) is 14.4. The van der Waals surface area contributed by atoms with Crippen LogP contribution < -0.4 is 5.32 Å². The molecular weight excluding hydrogens is 419 g/mol. The molecule has 2 aromatic carbocycles. The minimum absolute atomic E-state index is 0.0265. The van der Waals surface area contributed by atoms with E-state index < -0.39 is 40.5 Å². The van der Waals surface area contributed by atoms with Gasteiger partial charge in [-0.25, -0.2) is 4.39 Å². The van der Waals surface area contributed by atoms with Crippen LogP contribution in [0.5, 0.6) is 0 Å². The molecule has 0 saturated heterocycles. The highest BCUT2D eigenvalue weighted by Crippen LogP contribution is 2.34. The van der Waals surface area contributed by atoms with E-state index in [9.17, 15) is 26.7 Å². The number of aromatic nitrogens is 2. The first kappa shape index (κ1) is 22.0. The molecule has 0 fully saturated rings. The first-order valence-electron chi connectivity index (χ1n) is 8.88. The quantitative estimate of drug-likeness (QED) is 0.582. The number of anilines is 1. The molecule has 0 spiro atoms. The SMILES string of the molecule is CC(C)(C(=O)Nc1ccc(C#N)c(C(F)(F)F)c1)n1cc(-c2ccc(F)cc2)c(F)n1. The second-order valence-corrected chi connectivity index (χ2v) is 7.17. The van der Waals surface area contributed by atoms with Gasteiger partial charge in [-0.1, -0.05) is 12.1 Å². The van der Waals surface area contributed by atoms with Crippen LogP contribution in [0.15, 0.2) is 48.7 Å². The highest BCUT2D eigenvalue weighted by molar-refractivity contribution is 5.96. The van der Waals surface area contributed by atoms with Crippen molar-refractivity contribution in [1.82, 2.24) is 9.78 Å². The standard InChI is InChI=1S/C21H15F5N4O/c1-20(2,30-11-16(18(23)29-30)12-3-6-14(22)7-4-12)19(31)28-15-8-5-13(10-27)17(9-15)21(24,25)26/h3-9,11H,1-2H3,(H,28,31). The van der Waals surface area contributed by atoms with Crippen molar-refractivity contribution in [3.8, 4) is 17.2 Å². The minimum Gasteiger partial charge on any atom is -0.324 e. The second kappa shape index (κ2) is 7.83. The third-order valence-electron chi connectivity index (χ3n) is 4.66. The van der Waals surface area contributed by atoms with E-state index in [1.807, 2.05) is 0 Å². The number of nitrogens with zero attached hydrogens (tertiary/aromatic N) is 3. The number of hydrogen-bond acceptors (Lipinski definition) is 3. The Balaban J connectivity index is 1.90. The second-order valence-electron chi connectivity index (χ2n) is 7.17. The molecule has 10 heteroatoms. The summed E-state index contributed by atoms with van der Waals surface area (Å²) in [6.07, 6.45) is -3.53. The summed E-state index contributed by atoms with van der Waals surface area (Å²) < 4.78 is 67.9. The van der Waals surface area contributed by atoms with E-state index >= 15 is 0 Å². The summed E-state index contributed by atoms with van der Waals surface area (Å²) in [6, 6.07) is 9.21. The van der Waals surface area contributed by atoms with Crippen molar-refractivity contribution in [3.05, 3.63) is 71.6 Å². The Morgan fingerprint density at radius 2 is 1.74 bits per heavy atom. The van der Waals surface area contributed by atoms with Gasteiger partial charge in [0.25, 0.3) is 5.91 Å². The van der Waals surface area contributed by atoms with Crippen molar-refractivity contribution in [2.24, 2.45) is 0 Å². The maximum absolute atomic E-state index is 14.4. The number of halogens is 5. The van der Waals surface area contributed by atoms with Crippen LogP contribution in [-0.4, -0.2) is 15.7 Å². The van der Waals surface area contributed by atoms with Gasteiger partial charge in [-0.3, -0.25) is 9.48 Å². The van der Waals surface area contributed by atoms with E-state index in [2.05, 4.69) is 10.4 Å². The molecule has 0 atom stereocenters. The van der Waals surface area contributed by atoms with Crippen molar-refractivity contribution in [2.45, 2.75) is 25.6 Å². The predicted octanol–water partition coefficient (Wildman–Crippen LogP) is 5.09. The van der Waals surface area contributed by atoms with Crippen LogP contribution in [0.1, 0.15) is 25.0 Å². The molecular formula is C21H15F5N4O. The molecule has 0 aliphatic rings. The Labute approximate surface area is 173 Å². The molecule has 0 bridgehead atoms. The molecule has 1 N–H and O–H groups in total. The number of carbonyl (C=O) groups is 1. The van der Waals surface area contributed by atoms with Crippen LogP contribution in [0.25, 0.3) is 11.1 Å². The maximum Gasteiger partial charge on any atom is 0.417 e. The lowest BCUT2D eigenvalue weighted by Crippen LogP contribution is -2.40. The van der Waals surface area contributed by atoms with Crippen molar-refractivity contribution < 1.29 is 26.7 Å². The fourth-order valence-electron chi connectivity index (χ4n) is 2.80. The monoisotopic (exact) mass is 434 g/mol. The summed E-state index contributed by atoms with van der Waals surface area (Å²) in [5.41, 5.74) is -3.08. The van der Waals surface area contributed by atoms with E-state index in [1.165, 1.54) is 38.2 Å². The Hall–Kier alpha value is -3.74. The van der Waals surface area contributed by atoms with Crippen LogP contribution in [0.2, 0.25) is 0 Å². The van der Waals surface area contributed by atoms with Gasteiger partial charge in [0, 0.05) is 11.9 Å². The molecule has 0 aliphatic heterocycles. The highest BCUT2D eigenvalue weighted by atomic mass is 19.4. The number of amides is 1. The average molecular weight is 434 g/mol. The molecule has 0 aliphatic carbocycles. The minimum atomic E-state index is -4.78. The first-order valence-corrected chi connectivity index (χ1v) is 8.88. The zero-order valence-corrected chi connectivity index (χ0v) is 16.3. The lowest BCUT2D eigenvalue weighted by Gasteiger charge is -2.24. The zero-order valence-electron chi connectivity index (χ0n) is 16.3. The summed E-state index contributed by atoms with van der Waals surface area (Å²) in [6.45, 7) is 2.80. The molecule has 31 heavy (non-hydrogen) atoms. The van der Waals surface area contributed by atoms with Gasteiger partial charge in [-0.05, 0) is 49.7 Å². The van der Waals surface area contributed by atoms with Gasteiger partial charge in [-0.15, -0.1) is 5.10 Å². The van der Waals surface area contributed by atoms with E-state index in [1.54, 1.807) is 0 Å². The van der Waals surface area contributed by atoms with Gasteiger partial charge >= 0.3 is 6.18 Å². The van der Waals surface area contributed by atoms with Crippen molar-refractivity contribution in [1.29, 1.82) is 5.26 Å². The third-order valence-corrected chi connectivity index (χ3v) is 4.66. The van der Waals surface area contributed by atoms with Crippen molar-refractivity contribution in [2.75, 3.05) is 5.32 Å². The Bertz CT molecular complexity index is 1170. The summed E-state index contributed by atoms with van der Waals surface area (Å²) in [7, 11) is 0. The maximum atomic E-state index is 14.4. The number of nitriles is 1. The van der Waals surface area contributed by atoms with E-state index in [-0.39, 0.29) is 11.3 Å². The summed E-state index contributed by atoms with van der Waals surface area (Å²) in [5.74, 6) is -2.17. The Morgan fingerprint density at radius 3 is 2.32 bits per heavy atom. The largest absolute Gasteiger partial charge is 0.417 e. The normalized spacial score (nSPS) is 11.8. The zero-order chi connectivity index (χ0) is 23.0. The molecule has 3 rings (SSSR count). The fourth-order valence-corrected chi connectivity index (χ4v) is 2.80. The number of carbonyl (C=O) groups excluding carboxylic acids is 1. The molecule has 1 aromatic heterocycles. The molecule has 5 nitrogen and oxygen atoms in total. The number of nitrogens with one attached hydrogen (secondary N) is 1. The van der Waals surface area contributed by atoms with Gasteiger partial charge in [0.2, 0.25) is 5.95 Å². The van der Waals surface area contributed by atoms with E-state index in [0.29, 0.717) is 11.6 Å². The number of rotatable bonds is 4. The van der Waals surface area contributed by atoms with Crippen LogP contribution >= 0.6 is 0 Å². The van der Waals surface area contributed by atoms with Gasteiger partial charge in [-0.2, -0.15) is 22.8 Å². The van der Waals surface area contributed by atoms with Crippen molar-refractivity contribution in [3.63, 3.8) is 0 Å². The molecule has 160 valence electrons. The van der Waals surface area contributed by atoms with Crippen molar-refractivity contribution >= 4 is 11.6 Å². The lowest BCUT2D eigenvalue weighted by molar-refractivity contribution is -0.137. The Morgan fingerprint density at radius 1 is 1.10 bits per heavy atom. The topological polar surface area (TPSA) is 70.7 Å². The number of benzene rings is 2. The molecule has 1 amide bonds. The van der Waals surface area contributed by atoms with Gasteiger partial charge in [0.05, 0.1) is 22.8 Å². The fraction of sp³-hybridized carbons (Fsp3) is 0.190. The third kappa shape index (κ3) is 4.40. The molecule has 3 aromatic rings. The molecule has 0 saturated carbocycles. The summed E-state index contributed by atoms with van der Waals surface area (Å²) in [5, 5.41) is 14.9. The number of hydrogen-bond donors (Lipinski definition) is 1. The Kier molecular flexibility index (Phi) is 5.55. The lowest BCUT2D eigenvalue weighted by atomic mass is 10.0. The number of alkyl halides is 3. The van der Waals surface area contributed by atoms with Crippen LogP contribution in [-0.2, 0) is 16.5 Å². The molecule has 1 heterocycles. The van der Waals surface area contributed by atoms with E-state index in [4.69, 9.17) is 5.26 Å². The molecule has 0 unspecified atom stereocenters. The van der Waals surface area contributed by atoms with E-state index in [0.717, 1.165) is 28.9 Å². The molecule has 0 radical (unpaired) electrons. The summed E-state index contributed by atoms with van der Waals surface area (Å²) >= 11 is 0. The smallest absolute Gasteiger partial charge is 0.324 e. The van der Waals surface area contributed by atoms with Crippen LogP contribution in [0.4, 0.5) is 27.6 Å². The van der Waals surface area contributed by atoms with Crippen LogP contribution in [0, 0.1) is 23.1 Å². The predicted molar refractivity (Wildman–Crippen MR) is 102 cm³/mol. The van der Waals surface area contributed by atoms with Gasteiger partial charge < -0.3 is 5.32 Å². The van der Waals surface area contributed by atoms with Gasteiger partial charge in [0.15, 0.2) is 0 Å². The van der Waals surface area contributed by atoms with Gasteiger partial charge in [0.1, 0.15) is 11.4 Å². The average Bonchev–Trinajstić information content (AvgIpc) is 3.10. The summed E-state index contributed by atoms with van der Waals surface area (Å²) in [4.78, 5) is 12.8. The highest BCUT2D eigenvalue weighted by Gasteiger charge is 2.35. The van der Waals surface area contributed by atoms with Crippen LogP contribution in [0.3, 0.4) is 0 Å².